The van der Waals surface area contributed by atoms with E-state index in [0.29, 0.717) is 6.07 Å². The van der Waals surface area contributed by atoms with Crippen molar-refractivity contribution in [2.45, 2.75) is 0 Å². The van der Waals surface area contributed by atoms with Crippen LogP contribution in [-0.4, -0.2) is 27.0 Å². The third-order valence-electron chi connectivity index (χ3n) is 1.80. The van der Waals surface area contributed by atoms with Gasteiger partial charge in [0.25, 0.3) is 5.69 Å². The molecule has 0 saturated carbocycles. The van der Waals surface area contributed by atoms with Gasteiger partial charge in [-0.3, -0.25) is 25.1 Å². The highest BCUT2D eigenvalue weighted by atomic mass is 17.1. The second-order valence-corrected chi connectivity index (χ2v) is 2.93. The quantitative estimate of drug-likeness (QED) is 0.205. The fraction of sp³-hybridized carbons (Fsp3) is 0. The zero-order chi connectivity index (χ0) is 14.6. The Kier molecular flexibility index (Phi) is 4.05. The summed E-state index contributed by atoms with van der Waals surface area (Å²) >= 11 is 0. The van der Waals surface area contributed by atoms with Gasteiger partial charge in [-0.15, -0.1) is 0 Å². The Labute approximate surface area is 103 Å². The number of esters is 1. The van der Waals surface area contributed by atoms with E-state index in [1.54, 1.807) is 0 Å². The van der Waals surface area contributed by atoms with Crippen LogP contribution in [0.1, 0.15) is 0 Å². The Bertz CT molecular complexity index is 567. The smallest absolute Gasteiger partial charge is 0.411 e. The van der Waals surface area contributed by atoms with Crippen LogP contribution in [0.3, 0.4) is 0 Å². The van der Waals surface area contributed by atoms with E-state index in [-0.39, 0.29) is 0 Å². The lowest BCUT2D eigenvalue weighted by Crippen LogP contribution is -2.22. The maximum Gasteiger partial charge on any atom is 0.450 e. The number of nitro groups is 2. The van der Waals surface area contributed by atoms with Crippen LogP contribution in [0.15, 0.2) is 18.2 Å². The standard InChI is InChI=1S/C8H4N2O9/c11-7(8(12)19-17)18-6-2-1-4(9(13)14)3-5(6)10(15)16/h1-3,17H. The van der Waals surface area contributed by atoms with Gasteiger partial charge in [-0.05, 0) is 6.07 Å². The van der Waals surface area contributed by atoms with Gasteiger partial charge in [-0.2, -0.15) is 5.26 Å². The highest BCUT2D eigenvalue weighted by Crippen LogP contribution is 2.31. The molecule has 19 heavy (non-hydrogen) atoms. The first-order chi connectivity index (χ1) is 8.86. The number of hydrogen-bond acceptors (Lipinski definition) is 9. The van der Waals surface area contributed by atoms with Crippen LogP contribution in [-0.2, 0) is 14.5 Å². The third-order valence-corrected chi connectivity index (χ3v) is 1.80. The predicted molar refractivity (Wildman–Crippen MR) is 54.1 cm³/mol. The first-order valence-electron chi connectivity index (χ1n) is 4.37. The van der Waals surface area contributed by atoms with Gasteiger partial charge in [0.05, 0.1) is 15.9 Å². The molecule has 0 aliphatic carbocycles. The summed E-state index contributed by atoms with van der Waals surface area (Å²) in [7, 11) is 0. The van der Waals surface area contributed by atoms with Crippen LogP contribution < -0.4 is 4.74 Å². The molecule has 0 spiro atoms. The molecule has 0 radical (unpaired) electrons. The van der Waals surface area contributed by atoms with Crippen molar-refractivity contribution in [1.82, 2.24) is 0 Å². The number of carbonyl (C=O) groups is 2. The minimum absolute atomic E-state index is 0.549. The first kappa shape index (κ1) is 14.0. The highest BCUT2D eigenvalue weighted by Gasteiger charge is 2.26. The summed E-state index contributed by atoms with van der Waals surface area (Å²) in [5, 5.41) is 29.0. The van der Waals surface area contributed by atoms with Crippen molar-refractivity contribution in [1.29, 1.82) is 0 Å². The minimum atomic E-state index is -1.80. The molecule has 0 fully saturated rings. The van der Waals surface area contributed by atoms with Crippen LogP contribution >= 0.6 is 0 Å². The van der Waals surface area contributed by atoms with Crippen molar-refractivity contribution in [2.24, 2.45) is 0 Å². The molecule has 11 nitrogen and oxygen atoms in total. The van der Waals surface area contributed by atoms with E-state index in [1.165, 1.54) is 0 Å². The summed E-state index contributed by atoms with van der Waals surface area (Å²) in [5.74, 6) is -4.22. The Morgan fingerprint density at radius 3 is 2.21 bits per heavy atom. The zero-order valence-corrected chi connectivity index (χ0v) is 8.84. The average Bonchev–Trinajstić information content (AvgIpc) is 2.37. The molecule has 0 amide bonds. The Morgan fingerprint density at radius 2 is 1.74 bits per heavy atom. The van der Waals surface area contributed by atoms with E-state index in [1.807, 2.05) is 0 Å². The van der Waals surface area contributed by atoms with Gasteiger partial charge in [0, 0.05) is 6.07 Å². The van der Waals surface area contributed by atoms with Crippen molar-refractivity contribution in [2.75, 3.05) is 0 Å². The molecular formula is C8H4N2O9. The molecule has 0 aliphatic heterocycles. The summed E-state index contributed by atoms with van der Waals surface area (Å²) in [4.78, 5) is 43.7. The Hall–Kier alpha value is -3.08. The van der Waals surface area contributed by atoms with Crippen molar-refractivity contribution in [3.8, 4) is 5.75 Å². The molecule has 1 N–H and O–H groups in total. The monoisotopic (exact) mass is 272 g/mol. The second-order valence-electron chi connectivity index (χ2n) is 2.93. The maximum absolute atomic E-state index is 10.9. The third kappa shape index (κ3) is 3.19. The number of benzene rings is 1. The Balaban J connectivity index is 3.14. The summed E-state index contributed by atoms with van der Waals surface area (Å²) in [6.45, 7) is 0. The van der Waals surface area contributed by atoms with E-state index in [2.05, 4.69) is 9.62 Å². The molecule has 1 rings (SSSR count). The summed E-state index contributed by atoms with van der Waals surface area (Å²) in [6.07, 6.45) is 0. The lowest BCUT2D eigenvalue weighted by molar-refractivity contribution is -0.394. The van der Waals surface area contributed by atoms with Crippen molar-refractivity contribution in [3.63, 3.8) is 0 Å². The van der Waals surface area contributed by atoms with E-state index >= 15 is 0 Å². The zero-order valence-electron chi connectivity index (χ0n) is 8.84. The average molecular weight is 272 g/mol. The fourth-order valence-corrected chi connectivity index (χ4v) is 1.03. The van der Waals surface area contributed by atoms with Gasteiger partial charge in [-0.1, -0.05) is 0 Å². The van der Waals surface area contributed by atoms with Crippen LogP contribution in [0, 0.1) is 20.2 Å². The van der Waals surface area contributed by atoms with Gasteiger partial charge in [0.2, 0.25) is 5.75 Å². The maximum atomic E-state index is 10.9. The van der Waals surface area contributed by atoms with E-state index in [9.17, 15) is 29.8 Å². The first-order valence-corrected chi connectivity index (χ1v) is 4.37. The van der Waals surface area contributed by atoms with E-state index in [0.717, 1.165) is 12.1 Å². The number of ether oxygens (including phenoxy) is 1. The lowest BCUT2D eigenvalue weighted by atomic mass is 10.2. The van der Waals surface area contributed by atoms with Crippen LogP contribution in [0.4, 0.5) is 11.4 Å². The molecule has 0 saturated heterocycles. The summed E-state index contributed by atoms with van der Waals surface area (Å²) in [5.41, 5.74) is -1.50. The number of rotatable bonds is 3. The van der Waals surface area contributed by atoms with Crippen LogP contribution in [0.2, 0.25) is 0 Å². The van der Waals surface area contributed by atoms with Gasteiger partial charge in [0.15, 0.2) is 0 Å². The molecule has 0 heterocycles. The van der Waals surface area contributed by atoms with Crippen LogP contribution in [0.5, 0.6) is 5.75 Å². The van der Waals surface area contributed by atoms with Crippen LogP contribution in [0.25, 0.3) is 0 Å². The molecule has 11 heteroatoms. The van der Waals surface area contributed by atoms with E-state index < -0.39 is 38.9 Å². The topological polar surface area (TPSA) is 159 Å². The van der Waals surface area contributed by atoms with Gasteiger partial charge in [-0.25, -0.2) is 9.59 Å². The SMILES string of the molecule is O=C(OO)C(=O)Oc1ccc([N+](=O)[O-])cc1[N+](=O)[O-]. The number of nitro benzene ring substituents is 2. The number of carbonyl (C=O) groups excluding carboxylic acids is 2. The summed E-state index contributed by atoms with van der Waals surface area (Å²) < 4.78 is 4.26. The lowest BCUT2D eigenvalue weighted by Gasteiger charge is -2.02. The van der Waals surface area contributed by atoms with Gasteiger partial charge in [0.1, 0.15) is 0 Å². The largest absolute Gasteiger partial charge is 0.450 e. The molecule has 0 unspecified atom stereocenters. The summed E-state index contributed by atoms with van der Waals surface area (Å²) in [6, 6.07) is 2.14. The number of nitrogens with zero attached hydrogens (tertiary/aromatic N) is 2. The van der Waals surface area contributed by atoms with Crippen molar-refractivity contribution >= 4 is 23.3 Å². The fourth-order valence-electron chi connectivity index (χ4n) is 1.03. The molecule has 0 aromatic heterocycles. The van der Waals surface area contributed by atoms with E-state index in [4.69, 9.17) is 5.26 Å². The van der Waals surface area contributed by atoms with Crippen molar-refractivity contribution < 1.29 is 34.3 Å². The molecular weight excluding hydrogens is 268 g/mol. The Morgan fingerprint density at radius 1 is 1.11 bits per heavy atom. The van der Waals surface area contributed by atoms with Gasteiger partial charge >= 0.3 is 17.6 Å². The molecule has 0 bridgehead atoms. The predicted octanol–water partition coefficient (Wildman–Crippen LogP) is 0.425. The molecule has 1 aromatic rings. The number of hydrogen-bond donors (Lipinski definition) is 1. The van der Waals surface area contributed by atoms with Gasteiger partial charge < -0.3 is 4.74 Å². The molecule has 100 valence electrons. The normalized spacial score (nSPS) is 9.53. The highest BCUT2D eigenvalue weighted by molar-refractivity contribution is 6.30. The number of non-ortho nitro benzene ring substituents is 1. The molecule has 0 atom stereocenters. The molecule has 1 aromatic carbocycles. The minimum Gasteiger partial charge on any atom is -0.411 e. The molecule has 0 aliphatic rings. The van der Waals surface area contributed by atoms with Crippen molar-refractivity contribution in [3.05, 3.63) is 38.4 Å². The second kappa shape index (κ2) is 5.50.